The summed E-state index contributed by atoms with van der Waals surface area (Å²) in [4.78, 5) is 27.7. The van der Waals surface area contributed by atoms with Crippen LogP contribution in [0.4, 0.5) is 14.5 Å². The number of amides is 2. The van der Waals surface area contributed by atoms with Crippen LogP contribution in [0, 0.1) is 11.6 Å². The molecular formula is C17H24F2N4O2. The van der Waals surface area contributed by atoms with E-state index < -0.39 is 17.5 Å². The highest BCUT2D eigenvalue weighted by Gasteiger charge is 2.20. The van der Waals surface area contributed by atoms with Gasteiger partial charge in [-0.3, -0.25) is 19.4 Å². The molecule has 8 heteroatoms. The molecule has 1 aliphatic rings. The summed E-state index contributed by atoms with van der Waals surface area (Å²) in [6.07, 6.45) is 0.903. The van der Waals surface area contributed by atoms with E-state index in [1.807, 2.05) is 16.7 Å². The zero-order valence-electron chi connectivity index (χ0n) is 14.4. The number of rotatable bonds is 7. The third-order valence-corrected chi connectivity index (χ3v) is 3.97. The van der Waals surface area contributed by atoms with Gasteiger partial charge in [-0.1, -0.05) is 6.92 Å². The van der Waals surface area contributed by atoms with Crippen LogP contribution in [0.2, 0.25) is 0 Å². The van der Waals surface area contributed by atoms with Gasteiger partial charge in [0.2, 0.25) is 11.8 Å². The molecule has 0 aliphatic carbocycles. The molecule has 0 spiro atoms. The molecule has 6 nitrogen and oxygen atoms in total. The number of nitrogens with zero attached hydrogens (tertiary/aromatic N) is 2. The molecule has 0 aromatic heterocycles. The highest BCUT2D eigenvalue weighted by Crippen LogP contribution is 2.15. The number of hydrogen-bond acceptors (Lipinski definition) is 4. The van der Waals surface area contributed by atoms with Crippen molar-refractivity contribution in [1.29, 1.82) is 0 Å². The second kappa shape index (κ2) is 9.43. The SMILES string of the molecule is CCCNC(=O)CN1CCN(CC(=O)Nc2cc(F)ccc2F)CC1. The van der Waals surface area contributed by atoms with Crippen molar-refractivity contribution in [2.24, 2.45) is 0 Å². The molecule has 2 N–H and O–H groups in total. The van der Waals surface area contributed by atoms with Gasteiger partial charge in [-0.2, -0.15) is 0 Å². The fourth-order valence-corrected chi connectivity index (χ4v) is 2.62. The first-order valence-corrected chi connectivity index (χ1v) is 8.44. The standard InChI is InChI=1S/C17H24F2N4O2/c1-2-5-20-16(24)11-22-6-8-23(9-7-22)12-17(25)21-15-10-13(18)3-4-14(15)19/h3-4,10H,2,5-9,11-12H2,1H3,(H,20,24)(H,21,25). The second-order valence-electron chi connectivity index (χ2n) is 6.07. The summed E-state index contributed by atoms with van der Waals surface area (Å²) in [7, 11) is 0. The molecule has 25 heavy (non-hydrogen) atoms. The van der Waals surface area contributed by atoms with Crippen molar-refractivity contribution in [3.63, 3.8) is 0 Å². The number of nitrogens with one attached hydrogen (secondary N) is 2. The monoisotopic (exact) mass is 354 g/mol. The molecule has 1 fully saturated rings. The summed E-state index contributed by atoms with van der Waals surface area (Å²) >= 11 is 0. The van der Waals surface area contributed by atoms with Crippen LogP contribution in [0.1, 0.15) is 13.3 Å². The van der Waals surface area contributed by atoms with E-state index >= 15 is 0 Å². The van der Waals surface area contributed by atoms with Crippen LogP contribution >= 0.6 is 0 Å². The van der Waals surface area contributed by atoms with E-state index in [-0.39, 0.29) is 18.1 Å². The van der Waals surface area contributed by atoms with E-state index in [2.05, 4.69) is 10.6 Å². The number of carbonyl (C=O) groups is 2. The van der Waals surface area contributed by atoms with Crippen LogP contribution in [0.25, 0.3) is 0 Å². The lowest BCUT2D eigenvalue weighted by molar-refractivity contribution is -0.123. The number of hydrogen-bond donors (Lipinski definition) is 2. The summed E-state index contributed by atoms with van der Waals surface area (Å²) in [6, 6.07) is 2.94. The van der Waals surface area contributed by atoms with Gasteiger partial charge >= 0.3 is 0 Å². The molecule has 1 heterocycles. The molecule has 0 atom stereocenters. The van der Waals surface area contributed by atoms with Crippen molar-refractivity contribution >= 4 is 17.5 Å². The maximum absolute atomic E-state index is 13.5. The molecule has 0 radical (unpaired) electrons. The smallest absolute Gasteiger partial charge is 0.238 e. The summed E-state index contributed by atoms with van der Waals surface area (Å²) in [5, 5.41) is 5.23. The van der Waals surface area contributed by atoms with Crippen LogP contribution < -0.4 is 10.6 Å². The number of piperazine rings is 1. The van der Waals surface area contributed by atoms with E-state index in [1.165, 1.54) is 0 Å². The molecular weight excluding hydrogens is 330 g/mol. The number of benzene rings is 1. The predicted octanol–water partition coefficient (Wildman–Crippen LogP) is 1.05. The van der Waals surface area contributed by atoms with Crippen LogP contribution in [0.3, 0.4) is 0 Å². The van der Waals surface area contributed by atoms with Crippen molar-refractivity contribution in [3.8, 4) is 0 Å². The molecule has 1 aromatic rings. The van der Waals surface area contributed by atoms with E-state index in [1.54, 1.807) is 0 Å². The lowest BCUT2D eigenvalue weighted by atomic mass is 10.2. The average molecular weight is 354 g/mol. The number of halogens is 2. The Bertz CT molecular complexity index is 604. The average Bonchev–Trinajstić information content (AvgIpc) is 2.58. The molecule has 0 unspecified atom stereocenters. The quantitative estimate of drug-likeness (QED) is 0.768. The first kappa shape index (κ1) is 19.3. The van der Waals surface area contributed by atoms with Crippen LogP contribution in [0.5, 0.6) is 0 Å². The number of carbonyl (C=O) groups excluding carboxylic acids is 2. The van der Waals surface area contributed by atoms with Crippen LogP contribution in [-0.4, -0.2) is 67.4 Å². The van der Waals surface area contributed by atoms with Gasteiger partial charge in [0.05, 0.1) is 18.8 Å². The third kappa shape index (κ3) is 6.39. The van der Waals surface area contributed by atoms with E-state index in [0.29, 0.717) is 39.3 Å². The van der Waals surface area contributed by atoms with Gasteiger partial charge in [0, 0.05) is 38.8 Å². The highest BCUT2D eigenvalue weighted by atomic mass is 19.1. The van der Waals surface area contributed by atoms with E-state index in [0.717, 1.165) is 24.6 Å². The Kier molecular flexibility index (Phi) is 7.27. The Morgan fingerprint density at radius 3 is 2.24 bits per heavy atom. The molecule has 0 bridgehead atoms. The van der Waals surface area contributed by atoms with Gasteiger partial charge in [0.1, 0.15) is 11.6 Å². The number of anilines is 1. The minimum absolute atomic E-state index is 0.00891. The zero-order chi connectivity index (χ0) is 18.2. The first-order valence-electron chi connectivity index (χ1n) is 8.44. The molecule has 138 valence electrons. The van der Waals surface area contributed by atoms with Gasteiger partial charge in [-0.25, -0.2) is 8.78 Å². The van der Waals surface area contributed by atoms with Gasteiger partial charge in [0.25, 0.3) is 0 Å². The third-order valence-electron chi connectivity index (χ3n) is 3.97. The summed E-state index contributed by atoms with van der Waals surface area (Å²) < 4.78 is 26.6. The summed E-state index contributed by atoms with van der Waals surface area (Å²) in [6.45, 7) is 5.78. The molecule has 1 saturated heterocycles. The second-order valence-corrected chi connectivity index (χ2v) is 6.07. The van der Waals surface area contributed by atoms with Gasteiger partial charge in [-0.05, 0) is 18.6 Å². The Morgan fingerprint density at radius 2 is 1.64 bits per heavy atom. The largest absolute Gasteiger partial charge is 0.355 e. The van der Waals surface area contributed by atoms with E-state index in [4.69, 9.17) is 0 Å². The Morgan fingerprint density at radius 1 is 1.04 bits per heavy atom. The highest BCUT2D eigenvalue weighted by molar-refractivity contribution is 5.92. The summed E-state index contributed by atoms with van der Waals surface area (Å²) in [5.74, 6) is -1.66. The maximum atomic E-state index is 13.5. The molecule has 1 aliphatic heterocycles. The predicted molar refractivity (Wildman–Crippen MR) is 91.2 cm³/mol. The fraction of sp³-hybridized carbons (Fsp3) is 0.529. The van der Waals surface area contributed by atoms with E-state index in [9.17, 15) is 18.4 Å². The zero-order valence-corrected chi connectivity index (χ0v) is 14.4. The Labute approximate surface area is 146 Å². The van der Waals surface area contributed by atoms with Crippen LogP contribution in [0.15, 0.2) is 18.2 Å². The Hall–Kier alpha value is -2.06. The van der Waals surface area contributed by atoms with Crippen molar-refractivity contribution < 1.29 is 18.4 Å². The maximum Gasteiger partial charge on any atom is 0.238 e. The minimum atomic E-state index is -0.669. The Balaban J connectivity index is 1.73. The van der Waals surface area contributed by atoms with Crippen molar-refractivity contribution in [3.05, 3.63) is 29.8 Å². The lowest BCUT2D eigenvalue weighted by Crippen LogP contribution is -2.51. The molecule has 1 aromatic carbocycles. The fourth-order valence-electron chi connectivity index (χ4n) is 2.62. The van der Waals surface area contributed by atoms with Gasteiger partial charge < -0.3 is 10.6 Å². The van der Waals surface area contributed by atoms with Crippen molar-refractivity contribution in [1.82, 2.24) is 15.1 Å². The normalized spacial score (nSPS) is 15.8. The summed E-state index contributed by atoms with van der Waals surface area (Å²) in [5.41, 5.74) is -0.156. The van der Waals surface area contributed by atoms with Gasteiger partial charge in [0.15, 0.2) is 0 Å². The first-order chi connectivity index (χ1) is 12.0. The van der Waals surface area contributed by atoms with Gasteiger partial charge in [-0.15, -0.1) is 0 Å². The van der Waals surface area contributed by atoms with Crippen molar-refractivity contribution in [2.45, 2.75) is 13.3 Å². The molecule has 0 saturated carbocycles. The molecule has 2 amide bonds. The molecule has 2 rings (SSSR count). The topological polar surface area (TPSA) is 64.7 Å². The lowest BCUT2D eigenvalue weighted by Gasteiger charge is -2.33. The van der Waals surface area contributed by atoms with Crippen molar-refractivity contribution in [2.75, 3.05) is 51.1 Å². The minimum Gasteiger partial charge on any atom is -0.355 e. The van der Waals surface area contributed by atoms with Crippen LogP contribution in [-0.2, 0) is 9.59 Å².